The molecule has 0 saturated carbocycles. The number of alkyl halides is 3. The van der Waals surface area contributed by atoms with Crippen LogP contribution in [0.25, 0.3) is 33.5 Å². The Balaban J connectivity index is 1.32. The third-order valence-corrected chi connectivity index (χ3v) is 10.2. The number of rotatable bonds is 9. The summed E-state index contributed by atoms with van der Waals surface area (Å²) in [6, 6.07) is 10.7. The minimum atomic E-state index is -6.06. The smallest absolute Gasteiger partial charge is 0.456 e. The first-order valence-corrected chi connectivity index (χ1v) is 18.8. The average Bonchev–Trinajstić information content (AvgIpc) is 3.89. The maximum Gasteiger partial charge on any atom is 0.534 e. The van der Waals surface area contributed by atoms with Gasteiger partial charge in [-0.2, -0.15) is 21.6 Å². The number of likely N-dealkylation sites (tertiary alicyclic amines) is 1. The lowest BCUT2D eigenvalue weighted by Crippen LogP contribution is -2.36. The van der Waals surface area contributed by atoms with Crippen molar-refractivity contribution in [2.45, 2.75) is 64.3 Å². The molecule has 1 fully saturated rings. The van der Waals surface area contributed by atoms with Crippen molar-refractivity contribution in [3.8, 4) is 39.4 Å². The first kappa shape index (κ1) is 36.9. The zero-order valence-corrected chi connectivity index (χ0v) is 30.4. The summed E-state index contributed by atoms with van der Waals surface area (Å²) in [5.41, 5.74) is -5.31. The van der Waals surface area contributed by atoms with E-state index in [1.54, 1.807) is 55.3 Å². The number of carbonyl (C=O) groups is 2. The lowest BCUT2D eigenvalue weighted by Gasteiger charge is -2.27. The van der Waals surface area contributed by atoms with Crippen LogP contribution in [0.15, 0.2) is 57.6 Å². The third-order valence-electron chi connectivity index (χ3n) is 7.44. The molecular formula is C33H30F3N5O8S3. The number of amides is 1. The van der Waals surface area contributed by atoms with E-state index >= 15 is 0 Å². The van der Waals surface area contributed by atoms with Gasteiger partial charge in [0.05, 0.1) is 11.6 Å². The Hall–Kier alpha value is -4.88. The second-order valence-corrected chi connectivity index (χ2v) is 15.7. The van der Waals surface area contributed by atoms with Gasteiger partial charge in [-0.1, -0.05) is 30.3 Å². The fraction of sp³-hybridized carbons (Fsp3) is 0.333. The van der Waals surface area contributed by atoms with E-state index in [4.69, 9.17) is 18.9 Å². The van der Waals surface area contributed by atoms with Gasteiger partial charge in [0.1, 0.15) is 45.1 Å². The Morgan fingerprint density at radius 3 is 2.42 bits per heavy atom. The molecule has 0 N–H and O–H groups in total. The van der Waals surface area contributed by atoms with E-state index in [9.17, 15) is 31.2 Å². The number of pyridine rings is 1. The molecule has 6 rings (SSSR count). The van der Waals surface area contributed by atoms with E-state index in [1.165, 1.54) is 29.7 Å². The fourth-order valence-corrected chi connectivity index (χ4v) is 7.31. The summed E-state index contributed by atoms with van der Waals surface area (Å²) >= 11 is 2.47. The van der Waals surface area contributed by atoms with Gasteiger partial charge in [0.25, 0.3) is 0 Å². The summed E-state index contributed by atoms with van der Waals surface area (Å²) < 4.78 is 84.2. The number of hydrogen-bond acceptors (Lipinski definition) is 14. The van der Waals surface area contributed by atoms with Crippen molar-refractivity contribution in [1.82, 2.24) is 24.8 Å². The number of aromatic nitrogens is 4. The molecule has 274 valence electrons. The topological polar surface area (TPSA) is 164 Å². The molecule has 1 saturated heterocycles. The maximum absolute atomic E-state index is 13.2. The molecular weight excluding hydrogens is 748 g/mol. The summed E-state index contributed by atoms with van der Waals surface area (Å²) in [6.07, 6.45) is 1.02. The number of thiazole rings is 2. The van der Waals surface area contributed by atoms with E-state index in [-0.39, 0.29) is 46.9 Å². The standard InChI is InChI=1S/C33H30F3N5O8S3/c1-18-25(30(42)46-15-19-9-6-5-7-10-19)40-27(47-18)20-12-13-24(49-52(44,45)33(34,35)36)39-26(20)21-16-50-28(37-21)22-17-51-29(38-22)23-11-8-14-41(23)31(43)48-32(2,3)4/h5-7,9-10,12-13,16-17,23H,8,11,14-15H2,1-4H3/t23-/m0/s1. The molecule has 19 heteroatoms. The number of hydrogen-bond donors (Lipinski definition) is 0. The predicted octanol–water partition coefficient (Wildman–Crippen LogP) is 7.95. The van der Waals surface area contributed by atoms with Crippen LogP contribution in [0.5, 0.6) is 5.88 Å². The number of aryl methyl sites for hydroxylation is 1. The molecule has 0 unspecified atom stereocenters. The highest BCUT2D eigenvalue weighted by atomic mass is 32.2. The van der Waals surface area contributed by atoms with E-state index in [1.807, 2.05) is 6.07 Å². The molecule has 5 aromatic rings. The van der Waals surface area contributed by atoms with Gasteiger partial charge >= 0.3 is 27.7 Å². The molecule has 0 bridgehead atoms. The average molecular weight is 778 g/mol. The molecule has 1 atom stereocenters. The normalized spacial score (nSPS) is 15.1. The number of carbonyl (C=O) groups excluding carboxylic acids is 2. The molecule has 0 radical (unpaired) electrons. The van der Waals surface area contributed by atoms with Gasteiger partial charge in [0.15, 0.2) is 5.69 Å². The molecule has 0 spiro atoms. The SMILES string of the molecule is Cc1oc(-c2ccc(OS(=O)(=O)C(F)(F)F)nc2-c2csc(-c3csc([C@@H]4CCCN4C(=O)OC(C)(C)C)n3)n2)nc1C(=O)OCc1ccccc1. The van der Waals surface area contributed by atoms with E-state index in [2.05, 4.69) is 19.1 Å². The minimum Gasteiger partial charge on any atom is -0.456 e. The highest BCUT2D eigenvalue weighted by Gasteiger charge is 2.49. The Morgan fingerprint density at radius 1 is 0.981 bits per heavy atom. The van der Waals surface area contributed by atoms with Crippen LogP contribution >= 0.6 is 22.7 Å². The minimum absolute atomic E-state index is 0.0342. The second-order valence-electron chi connectivity index (χ2n) is 12.5. The van der Waals surface area contributed by atoms with Crippen LogP contribution in [0.1, 0.15) is 66.5 Å². The maximum atomic E-state index is 13.2. The molecule has 13 nitrogen and oxygen atoms in total. The van der Waals surface area contributed by atoms with Crippen LogP contribution in [-0.2, 0) is 26.2 Å². The number of oxazole rings is 1. The van der Waals surface area contributed by atoms with E-state index < -0.39 is 39.2 Å². The van der Waals surface area contributed by atoms with Crippen molar-refractivity contribution in [2.75, 3.05) is 6.54 Å². The van der Waals surface area contributed by atoms with Crippen molar-refractivity contribution < 1.29 is 49.3 Å². The van der Waals surface area contributed by atoms with E-state index in [0.717, 1.165) is 29.4 Å². The highest BCUT2D eigenvalue weighted by Crippen LogP contribution is 2.40. The summed E-state index contributed by atoms with van der Waals surface area (Å²) in [4.78, 5) is 45.1. The number of halogens is 3. The van der Waals surface area contributed by atoms with Crippen molar-refractivity contribution in [3.05, 3.63) is 75.2 Å². The lowest BCUT2D eigenvalue weighted by atomic mass is 10.1. The zero-order valence-electron chi connectivity index (χ0n) is 28.0. The van der Waals surface area contributed by atoms with Crippen LogP contribution in [-0.4, -0.2) is 63.0 Å². The predicted molar refractivity (Wildman–Crippen MR) is 183 cm³/mol. The van der Waals surface area contributed by atoms with Crippen LogP contribution in [0, 0.1) is 6.92 Å². The molecule has 1 amide bonds. The molecule has 52 heavy (non-hydrogen) atoms. The molecule has 0 aliphatic carbocycles. The van der Waals surface area contributed by atoms with Crippen molar-refractivity contribution in [2.24, 2.45) is 0 Å². The Bertz CT molecular complexity index is 2210. The molecule has 4 aromatic heterocycles. The number of ether oxygens (including phenoxy) is 2. The van der Waals surface area contributed by atoms with Gasteiger partial charge in [-0.05, 0) is 52.2 Å². The zero-order chi connectivity index (χ0) is 37.4. The van der Waals surface area contributed by atoms with Gasteiger partial charge in [0.2, 0.25) is 11.8 Å². The van der Waals surface area contributed by atoms with Gasteiger partial charge < -0.3 is 18.1 Å². The van der Waals surface area contributed by atoms with Gasteiger partial charge in [-0.3, -0.25) is 4.90 Å². The quantitative estimate of drug-likeness (QED) is 0.0807. The van der Waals surface area contributed by atoms with Crippen LogP contribution in [0.2, 0.25) is 0 Å². The Morgan fingerprint density at radius 2 is 1.71 bits per heavy atom. The highest BCUT2D eigenvalue weighted by molar-refractivity contribution is 7.87. The first-order chi connectivity index (χ1) is 24.5. The Kier molecular flexibility index (Phi) is 10.1. The van der Waals surface area contributed by atoms with Crippen molar-refractivity contribution >= 4 is 44.9 Å². The lowest BCUT2D eigenvalue weighted by molar-refractivity contribution is -0.0501. The Labute approximate surface area is 303 Å². The van der Waals surface area contributed by atoms with Crippen LogP contribution < -0.4 is 4.18 Å². The second kappa shape index (κ2) is 14.3. The van der Waals surface area contributed by atoms with E-state index in [0.29, 0.717) is 28.7 Å². The first-order valence-electron chi connectivity index (χ1n) is 15.6. The molecule has 1 aromatic carbocycles. The number of nitrogens with zero attached hydrogens (tertiary/aromatic N) is 5. The summed E-state index contributed by atoms with van der Waals surface area (Å²) in [7, 11) is -6.06. The van der Waals surface area contributed by atoms with Crippen molar-refractivity contribution in [1.29, 1.82) is 0 Å². The summed E-state index contributed by atoms with van der Waals surface area (Å²) in [6.45, 7) is 7.33. The van der Waals surface area contributed by atoms with Gasteiger partial charge in [-0.25, -0.2) is 29.5 Å². The fourth-order valence-electron chi connectivity index (χ4n) is 5.11. The molecule has 1 aliphatic heterocycles. The summed E-state index contributed by atoms with van der Waals surface area (Å²) in [5, 5.41) is 4.37. The summed E-state index contributed by atoms with van der Waals surface area (Å²) in [5.74, 6) is -1.76. The molecule has 5 heterocycles. The third kappa shape index (κ3) is 8.10. The van der Waals surface area contributed by atoms with Gasteiger partial charge in [-0.15, -0.1) is 22.7 Å². The van der Waals surface area contributed by atoms with Crippen molar-refractivity contribution in [3.63, 3.8) is 0 Å². The molecule has 1 aliphatic rings. The number of benzene rings is 1. The largest absolute Gasteiger partial charge is 0.534 e. The monoisotopic (exact) mass is 777 g/mol. The van der Waals surface area contributed by atoms with Crippen LogP contribution in [0.3, 0.4) is 0 Å². The number of esters is 1. The van der Waals surface area contributed by atoms with Crippen LogP contribution in [0.4, 0.5) is 18.0 Å². The van der Waals surface area contributed by atoms with Gasteiger partial charge in [0, 0.05) is 23.4 Å².